The van der Waals surface area contributed by atoms with Crippen LogP contribution in [0.15, 0.2) is 41.1 Å². The maximum atomic E-state index is 12.2. The molecule has 24 heavy (non-hydrogen) atoms. The molecule has 1 aliphatic rings. The highest BCUT2D eigenvalue weighted by molar-refractivity contribution is 5.83. The van der Waals surface area contributed by atoms with Crippen LogP contribution in [0.5, 0.6) is 5.75 Å². The Hall–Kier alpha value is -2.55. The summed E-state index contributed by atoms with van der Waals surface area (Å²) in [7, 11) is 0. The van der Waals surface area contributed by atoms with Crippen LogP contribution in [-0.4, -0.2) is 35.4 Å². The summed E-state index contributed by atoms with van der Waals surface area (Å²) in [5, 5.41) is 6.58. The maximum Gasteiger partial charge on any atom is 0.573 e. The quantitative estimate of drug-likeness (QED) is 0.924. The smallest absolute Gasteiger partial charge is 0.406 e. The van der Waals surface area contributed by atoms with Gasteiger partial charge in [-0.3, -0.25) is 9.69 Å². The highest BCUT2D eigenvalue weighted by Crippen LogP contribution is 2.28. The summed E-state index contributed by atoms with van der Waals surface area (Å²) in [5.41, 5.74) is 1.25. The molecule has 1 N–H and O–H groups in total. The number of rotatable bonds is 4. The Bertz CT molecular complexity index is 686. The van der Waals surface area contributed by atoms with Crippen LogP contribution >= 0.6 is 0 Å². The summed E-state index contributed by atoms with van der Waals surface area (Å²) in [4.78, 5) is 14.1. The summed E-state index contributed by atoms with van der Waals surface area (Å²) < 4.78 is 45.3. The zero-order valence-electron chi connectivity index (χ0n) is 12.4. The minimum atomic E-state index is -4.75. The number of hydrogen-bond acceptors (Lipinski definition) is 5. The lowest BCUT2D eigenvalue weighted by Crippen LogP contribution is -2.49. The van der Waals surface area contributed by atoms with Crippen molar-refractivity contribution in [3.05, 3.63) is 47.9 Å². The van der Waals surface area contributed by atoms with Gasteiger partial charge in [-0.1, -0.05) is 17.3 Å². The third-order valence-electron chi connectivity index (χ3n) is 3.60. The van der Waals surface area contributed by atoms with E-state index in [0.29, 0.717) is 30.9 Å². The number of benzene rings is 1. The third-order valence-corrected chi connectivity index (χ3v) is 3.60. The van der Waals surface area contributed by atoms with Crippen LogP contribution in [-0.2, 0) is 11.3 Å². The number of nitrogens with zero attached hydrogens (tertiary/aromatic N) is 2. The summed E-state index contributed by atoms with van der Waals surface area (Å²) in [5.74, 6) is -0.542. The molecule has 1 amide bonds. The molecule has 3 rings (SSSR count). The first-order chi connectivity index (χ1) is 11.4. The minimum absolute atomic E-state index is 0.214. The van der Waals surface area contributed by atoms with Gasteiger partial charge in [0.15, 0.2) is 0 Å². The molecule has 1 atom stereocenters. The second kappa shape index (κ2) is 6.52. The number of alkyl halides is 3. The van der Waals surface area contributed by atoms with Gasteiger partial charge in [0.25, 0.3) is 0 Å². The second-order valence-corrected chi connectivity index (χ2v) is 5.27. The topological polar surface area (TPSA) is 67.6 Å². The molecule has 1 saturated heterocycles. The van der Waals surface area contributed by atoms with Crippen LogP contribution < -0.4 is 10.1 Å². The Morgan fingerprint density at radius 2 is 2.04 bits per heavy atom. The lowest BCUT2D eigenvalue weighted by atomic mass is 10.0. The number of carbonyl (C=O) groups excluding carboxylic acids is 1. The van der Waals surface area contributed by atoms with Crippen molar-refractivity contribution in [2.45, 2.75) is 18.9 Å². The van der Waals surface area contributed by atoms with Crippen LogP contribution in [0.3, 0.4) is 0 Å². The van der Waals surface area contributed by atoms with Gasteiger partial charge < -0.3 is 14.6 Å². The standard InChI is InChI=1S/C15H14F3N3O3/c16-15(17,18)24-12-3-1-10(2-4-12)13-14(22)19-6-7-21(13)9-11-5-8-23-20-11/h1-5,8,13H,6-7,9H2,(H,19,22)/t13-/m1/s1. The number of aromatic nitrogens is 1. The van der Waals surface area contributed by atoms with E-state index in [9.17, 15) is 18.0 Å². The number of carbonyl (C=O) groups is 1. The van der Waals surface area contributed by atoms with E-state index < -0.39 is 12.4 Å². The van der Waals surface area contributed by atoms with E-state index >= 15 is 0 Å². The SMILES string of the molecule is O=C1NCCN(Cc2ccon2)[C@@H]1c1ccc(OC(F)(F)F)cc1. The van der Waals surface area contributed by atoms with Gasteiger partial charge in [0.1, 0.15) is 18.1 Å². The molecule has 6 nitrogen and oxygen atoms in total. The molecule has 1 aromatic heterocycles. The highest BCUT2D eigenvalue weighted by Gasteiger charge is 2.33. The second-order valence-electron chi connectivity index (χ2n) is 5.27. The molecule has 0 aliphatic carbocycles. The van der Waals surface area contributed by atoms with Crippen molar-refractivity contribution in [2.24, 2.45) is 0 Å². The summed E-state index contributed by atoms with van der Waals surface area (Å²) >= 11 is 0. The molecule has 128 valence electrons. The van der Waals surface area contributed by atoms with Crippen molar-refractivity contribution in [2.75, 3.05) is 13.1 Å². The Morgan fingerprint density at radius 1 is 1.29 bits per heavy atom. The molecule has 0 saturated carbocycles. The molecule has 0 radical (unpaired) electrons. The van der Waals surface area contributed by atoms with Gasteiger partial charge in [-0.15, -0.1) is 13.2 Å². The fourth-order valence-corrected chi connectivity index (χ4v) is 2.63. The molecular weight excluding hydrogens is 327 g/mol. The number of piperazine rings is 1. The fraction of sp³-hybridized carbons (Fsp3) is 0.333. The molecular formula is C15H14F3N3O3. The van der Waals surface area contributed by atoms with Gasteiger partial charge in [-0.25, -0.2) is 0 Å². The van der Waals surface area contributed by atoms with Crippen molar-refractivity contribution in [1.82, 2.24) is 15.4 Å². The molecule has 9 heteroatoms. The predicted molar refractivity (Wildman–Crippen MR) is 75.8 cm³/mol. The van der Waals surface area contributed by atoms with Gasteiger partial charge in [0.05, 0.1) is 5.69 Å². The molecule has 1 fully saturated rings. The first-order valence-corrected chi connectivity index (χ1v) is 7.19. The number of halogens is 3. The van der Waals surface area contributed by atoms with Crippen LogP contribution in [0.2, 0.25) is 0 Å². The van der Waals surface area contributed by atoms with Crippen molar-refractivity contribution in [1.29, 1.82) is 0 Å². The van der Waals surface area contributed by atoms with Crippen LogP contribution in [0.25, 0.3) is 0 Å². The Kier molecular flexibility index (Phi) is 4.43. The van der Waals surface area contributed by atoms with Crippen LogP contribution in [0, 0.1) is 0 Å². The van der Waals surface area contributed by atoms with Gasteiger partial charge >= 0.3 is 6.36 Å². The number of hydrogen-bond donors (Lipinski definition) is 1. The number of nitrogens with one attached hydrogen (secondary N) is 1. The van der Waals surface area contributed by atoms with E-state index in [1.54, 1.807) is 6.07 Å². The van der Waals surface area contributed by atoms with Crippen molar-refractivity contribution < 1.29 is 27.2 Å². The maximum absolute atomic E-state index is 12.2. The molecule has 2 heterocycles. The summed E-state index contributed by atoms with van der Waals surface area (Å²) in [6.07, 6.45) is -3.31. The lowest BCUT2D eigenvalue weighted by Gasteiger charge is -2.34. The fourth-order valence-electron chi connectivity index (χ4n) is 2.63. The molecule has 0 unspecified atom stereocenters. The highest BCUT2D eigenvalue weighted by atomic mass is 19.4. The average molecular weight is 341 g/mol. The van der Waals surface area contributed by atoms with E-state index in [1.165, 1.54) is 30.5 Å². The van der Waals surface area contributed by atoms with Crippen molar-refractivity contribution in [3.63, 3.8) is 0 Å². The Morgan fingerprint density at radius 3 is 2.67 bits per heavy atom. The van der Waals surface area contributed by atoms with Gasteiger partial charge in [0, 0.05) is 25.7 Å². The van der Waals surface area contributed by atoms with Crippen LogP contribution in [0.4, 0.5) is 13.2 Å². The summed E-state index contributed by atoms with van der Waals surface area (Å²) in [6.45, 7) is 1.47. The predicted octanol–water partition coefficient (Wildman–Crippen LogP) is 2.25. The normalized spacial score (nSPS) is 19.1. The first kappa shape index (κ1) is 16.3. The average Bonchev–Trinajstić information content (AvgIpc) is 3.00. The zero-order chi connectivity index (χ0) is 17.2. The van der Waals surface area contributed by atoms with E-state index in [2.05, 4.69) is 15.2 Å². The first-order valence-electron chi connectivity index (χ1n) is 7.19. The third kappa shape index (κ3) is 3.85. The van der Waals surface area contributed by atoms with Gasteiger partial charge in [0.2, 0.25) is 5.91 Å². The lowest BCUT2D eigenvalue weighted by molar-refractivity contribution is -0.274. The molecule has 2 aromatic rings. The number of ether oxygens (including phenoxy) is 1. The van der Waals surface area contributed by atoms with E-state index in [0.717, 1.165) is 0 Å². The largest absolute Gasteiger partial charge is 0.573 e. The van der Waals surface area contributed by atoms with Crippen molar-refractivity contribution >= 4 is 5.91 Å². The molecule has 0 bridgehead atoms. The molecule has 1 aliphatic heterocycles. The van der Waals surface area contributed by atoms with Crippen molar-refractivity contribution in [3.8, 4) is 5.75 Å². The van der Waals surface area contributed by atoms with E-state index in [1.807, 2.05) is 4.90 Å². The van der Waals surface area contributed by atoms with Crippen LogP contribution in [0.1, 0.15) is 17.3 Å². The molecule has 0 spiro atoms. The monoisotopic (exact) mass is 341 g/mol. The molecule has 1 aromatic carbocycles. The van der Waals surface area contributed by atoms with Gasteiger partial charge in [-0.05, 0) is 17.7 Å². The van der Waals surface area contributed by atoms with E-state index in [-0.39, 0.29) is 11.7 Å². The Balaban J connectivity index is 1.79. The zero-order valence-corrected chi connectivity index (χ0v) is 12.4. The number of amides is 1. The summed E-state index contributed by atoms with van der Waals surface area (Å²) in [6, 6.07) is 6.37. The minimum Gasteiger partial charge on any atom is -0.406 e. The Labute approximate surface area is 135 Å². The van der Waals surface area contributed by atoms with E-state index in [4.69, 9.17) is 4.52 Å². The van der Waals surface area contributed by atoms with Gasteiger partial charge in [-0.2, -0.15) is 0 Å².